The van der Waals surface area contributed by atoms with E-state index in [1.165, 1.54) is 29.2 Å². The highest BCUT2D eigenvalue weighted by Gasteiger charge is 2.44. The highest BCUT2D eigenvalue weighted by Crippen LogP contribution is 2.36. The second kappa shape index (κ2) is 10.9. The number of thiocarbonyl (C=S) groups is 1. The number of non-ortho nitro benzene ring substituents is 1. The molecule has 1 fully saturated rings. The molecule has 38 heavy (non-hydrogen) atoms. The lowest BCUT2D eigenvalue weighted by Crippen LogP contribution is -2.51. The van der Waals surface area contributed by atoms with Crippen molar-refractivity contribution in [1.82, 2.24) is 4.90 Å². The minimum Gasteiger partial charge on any atom is -0.477 e. The van der Waals surface area contributed by atoms with E-state index < -0.39 is 21.6 Å². The van der Waals surface area contributed by atoms with Gasteiger partial charge in [-0.25, -0.2) is 0 Å². The van der Waals surface area contributed by atoms with E-state index in [1.54, 1.807) is 32.9 Å². The van der Waals surface area contributed by atoms with Crippen LogP contribution in [-0.4, -0.2) is 32.1 Å². The van der Waals surface area contributed by atoms with E-state index in [2.05, 4.69) is 0 Å². The zero-order valence-electron chi connectivity index (χ0n) is 21.0. The number of nitrogens with zero attached hydrogens (tertiary/aromatic N) is 2. The molecule has 1 atom stereocenters. The summed E-state index contributed by atoms with van der Waals surface area (Å²) >= 11 is 12.0. The Morgan fingerprint density at radius 3 is 2.37 bits per heavy atom. The molecule has 3 aromatic carbocycles. The topological polar surface area (TPSA) is 99.0 Å². The van der Waals surface area contributed by atoms with E-state index in [4.69, 9.17) is 33.3 Å². The molecule has 3 aromatic rings. The molecule has 0 aliphatic carbocycles. The van der Waals surface area contributed by atoms with Gasteiger partial charge in [0.1, 0.15) is 23.6 Å². The quantitative estimate of drug-likeness (QED) is 0.0473. The molecule has 1 aliphatic rings. The highest BCUT2D eigenvalue weighted by molar-refractivity contribution is 7.80. The number of benzene rings is 3. The zero-order chi connectivity index (χ0) is 27.6. The monoisotopic (exact) mass is 552 g/mol. The molecule has 1 heterocycles. The standard InChI is InChI=1S/C28H25ClN2O6S/c1-28(2,3)26(33)25(37-21-10-6-8-18-7-4-5-9-20(18)21)24(30-22(29)15-23(30)32)27(38)36-16-17-11-13-19(14-12-17)31(34)35/h4-14,22H,15-16H2,1-3H3. The van der Waals surface area contributed by atoms with Gasteiger partial charge in [-0.1, -0.05) is 68.8 Å². The Hall–Kier alpha value is -3.82. The number of halogens is 1. The summed E-state index contributed by atoms with van der Waals surface area (Å²) < 4.78 is 12.1. The van der Waals surface area contributed by atoms with Gasteiger partial charge < -0.3 is 9.47 Å². The number of nitro benzene ring substituents is 1. The van der Waals surface area contributed by atoms with Crippen LogP contribution >= 0.6 is 23.8 Å². The number of ether oxygens (including phenoxy) is 2. The third-order valence-corrected chi connectivity index (χ3v) is 6.57. The second-order valence-corrected chi connectivity index (χ2v) is 10.6. The van der Waals surface area contributed by atoms with Crippen molar-refractivity contribution in [3.05, 3.63) is 93.9 Å². The Morgan fingerprint density at radius 2 is 1.76 bits per heavy atom. The molecule has 1 aliphatic heterocycles. The molecule has 0 spiro atoms. The van der Waals surface area contributed by atoms with Crippen LogP contribution in [0.15, 0.2) is 78.2 Å². The third-order valence-electron chi connectivity index (χ3n) is 5.91. The van der Waals surface area contributed by atoms with Gasteiger partial charge in [0, 0.05) is 22.9 Å². The van der Waals surface area contributed by atoms with Gasteiger partial charge in [0.15, 0.2) is 5.76 Å². The van der Waals surface area contributed by atoms with Gasteiger partial charge in [0.2, 0.25) is 16.7 Å². The molecule has 1 saturated heterocycles. The number of rotatable bonds is 8. The Morgan fingerprint density at radius 1 is 1.11 bits per heavy atom. The summed E-state index contributed by atoms with van der Waals surface area (Å²) in [6, 6.07) is 18.8. The maximum absolute atomic E-state index is 13.7. The molecule has 1 amide bonds. The number of alkyl halides is 1. The predicted molar refractivity (Wildman–Crippen MR) is 148 cm³/mol. The molecule has 1 unspecified atom stereocenters. The molecule has 0 saturated carbocycles. The smallest absolute Gasteiger partial charge is 0.269 e. The molecular formula is C28H25ClN2O6S. The first-order valence-corrected chi connectivity index (χ1v) is 12.6. The number of ketones is 1. The lowest BCUT2D eigenvalue weighted by molar-refractivity contribution is -0.384. The number of hydrogen-bond acceptors (Lipinski definition) is 7. The van der Waals surface area contributed by atoms with E-state index in [9.17, 15) is 19.7 Å². The predicted octanol–water partition coefficient (Wildman–Crippen LogP) is 6.30. The van der Waals surface area contributed by atoms with Crippen molar-refractivity contribution in [3.8, 4) is 5.75 Å². The number of carbonyl (C=O) groups is 2. The van der Waals surface area contributed by atoms with Gasteiger partial charge in [-0.2, -0.15) is 0 Å². The van der Waals surface area contributed by atoms with E-state index in [0.717, 1.165) is 10.8 Å². The molecule has 0 aromatic heterocycles. The van der Waals surface area contributed by atoms with Crippen LogP contribution in [0.5, 0.6) is 5.75 Å². The van der Waals surface area contributed by atoms with Crippen LogP contribution in [0, 0.1) is 15.5 Å². The maximum Gasteiger partial charge on any atom is 0.269 e. The minimum absolute atomic E-state index is 0.0222. The number of β-lactam (4-membered cyclic amide) rings is 1. The van der Waals surface area contributed by atoms with Gasteiger partial charge in [-0.05, 0) is 41.4 Å². The van der Waals surface area contributed by atoms with E-state index in [0.29, 0.717) is 11.3 Å². The van der Waals surface area contributed by atoms with Crippen molar-refractivity contribution in [2.45, 2.75) is 39.3 Å². The van der Waals surface area contributed by atoms with Crippen LogP contribution in [0.4, 0.5) is 5.69 Å². The first-order valence-electron chi connectivity index (χ1n) is 11.8. The summed E-state index contributed by atoms with van der Waals surface area (Å²) in [5.41, 5.74) is -1.11. The van der Waals surface area contributed by atoms with Crippen molar-refractivity contribution >= 4 is 57.0 Å². The van der Waals surface area contributed by atoms with Crippen LogP contribution in [-0.2, 0) is 20.9 Å². The molecule has 8 nitrogen and oxygen atoms in total. The molecule has 0 N–H and O–H groups in total. The molecular weight excluding hydrogens is 528 g/mol. The molecule has 10 heteroatoms. The molecule has 0 radical (unpaired) electrons. The summed E-state index contributed by atoms with van der Waals surface area (Å²) in [6.45, 7) is 5.14. The fourth-order valence-electron chi connectivity index (χ4n) is 3.81. The van der Waals surface area contributed by atoms with Crippen molar-refractivity contribution in [2.24, 2.45) is 5.41 Å². The van der Waals surface area contributed by atoms with Crippen molar-refractivity contribution < 1.29 is 24.0 Å². The maximum atomic E-state index is 13.7. The van der Waals surface area contributed by atoms with Crippen molar-refractivity contribution in [1.29, 1.82) is 0 Å². The van der Waals surface area contributed by atoms with Gasteiger partial charge in [0.05, 0.1) is 11.3 Å². The van der Waals surface area contributed by atoms with Gasteiger partial charge in [-0.3, -0.25) is 24.6 Å². The average molecular weight is 553 g/mol. The Kier molecular flexibility index (Phi) is 7.80. The lowest BCUT2D eigenvalue weighted by Gasteiger charge is -2.38. The normalized spacial score (nSPS) is 15.9. The average Bonchev–Trinajstić information content (AvgIpc) is 2.88. The van der Waals surface area contributed by atoms with E-state index >= 15 is 0 Å². The largest absolute Gasteiger partial charge is 0.477 e. The molecule has 196 valence electrons. The number of amides is 1. The number of hydrogen-bond donors (Lipinski definition) is 0. The van der Waals surface area contributed by atoms with Crippen molar-refractivity contribution in [2.75, 3.05) is 0 Å². The summed E-state index contributed by atoms with van der Waals surface area (Å²) in [4.78, 5) is 38.1. The summed E-state index contributed by atoms with van der Waals surface area (Å²) in [5, 5.41) is 12.5. The Labute approximate surface area is 229 Å². The lowest BCUT2D eigenvalue weighted by atomic mass is 9.88. The fraction of sp³-hybridized carbons (Fsp3) is 0.250. The first-order chi connectivity index (χ1) is 18.0. The van der Waals surface area contributed by atoms with E-state index in [-0.39, 0.29) is 41.1 Å². The van der Waals surface area contributed by atoms with Gasteiger partial charge in [0.25, 0.3) is 5.69 Å². The molecule has 0 bridgehead atoms. The van der Waals surface area contributed by atoms with Gasteiger partial charge >= 0.3 is 0 Å². The number of nitro groups is 1. The van der Waals surface area contributed by atoms with Crippen LogP contribution in [0.1, 0.15) is 32.8 Å². The van der Waals surface area contributed by atoms with Crippen molar-refractivity contribution in [3.63, 3.8) is 0 Å². The Balaban J connectivity index is 1.78. The third kappa shape index (κ3) is 5.69. The number of Topliss-reactive ketones (excluding diaryl/α,β-unsaturated/α-hetero) is 1. The zero-order valence-corrected chi connectivity index (χ0v) is 22.5. The SMILES string of the molecule is CC(C)(C)C(=O)C(Oc1cccc2ccccc12)=C(C(=S)OCc1ccc([N+](=O)[O-])cc1)N1C(=O)CC1Cl. The van der Waals surface area contributed by atoms with Crippen LogP contribution in [0.2, 0.25) is 0 Å². The van der Waals surface area contributed by atoms with Crippen LogP contribution in [0.25, 0.3) is 10.8 Å². The highest BCUT2D eigenvalue weighted by atomic mass is 35.5. The van der Waals surface area contributed by atoms with Crippen LogP contribution in [0.3, 0.4) is 0 Å². The second-order valence-electron chi connectivity index (χ2n) is 9.74. The van der Waals surface area contributed by atoms with E-state index in [1.807, 2.05) is 30.3 Å². The number of carbonyl (C=O) groups excluding carboxylic acids is 2. The Bertz CT molecular complexity index is 1460. The number of likely N-dealkylation sites (tertiary alicyclic amines) is 1. The number of fused-ring (bicyclic) bond motifs is 1. The first kappa shape index (κ1) is 27.2. The molecule has 4 rings (SSSR count). The minimum atomic E-state index is -0.894. The summed E-state index contributed by atoms with van der Waals surface area (Å²) in [6.07, 6.45) is 0.0707. The van der Waals surface area contributed by atoms with Crippen LogP contribution < -0.4 is 4.74 Å². The number of allylic oxidation sites excluding steroid dienone is 1. The summed E-state index contributed by atoms with van der Waals surface area (Å²) in [5.74, 6) is -0.473. The summed E-state index contributed by atoms with van der Waals surface area (Å²) in [7, 11) is 0. The fourth-order valence-corrected chi connectivity index (χ4v) is 4.40. The van der Waals surface area contributed by atoms with Gasteiger partial charge in [-0.15, -0.1) is 0 Å².